The number of nitrogens with zero attached hydrogens (tertiary/aromatic N) is 1. The van der Waals surface area contributed by atoms with Gasteiger partial charge in [-0.2, -0.15) is 0 Å². The molecule has 0 radical (unpaired) electrons. The molecule has 0 saturated carbocycles. The second-order valence-corrected chi connectivity index (χ2v) is 5.58. The molecule has 0 saturated heterocycles. The van der Waals surface area contributed by atoms with Crippen molar-refractivity contribution < 1.29 is 14.6 Å². The number of fused-ring (bicyclic) bond motifs is 1. The van der Waals surface area contributed by atoms with Gasteiger partial charge in [0, 0.05) is 18.0 Å². The maximum absolute atomic E-state index is 11.0. The average Bonchev–Trinajstić information content (AvgIpc) is 2.33. The summed E-state index contributed by atoms with van der Waals surface area (Å²) in [5.74, 6) is 0.0798. The summed E-state index contributed by atoms with van der Waals surface area (Å²) in [6, 6.07) is 8.01. The summed E-state index contributed by atoms with van der Waals surface area (Å²) < 4.78 is 5.98. The Kier molecular flexibility index (Phi) is 3.80. The highest BCUT2D eigenvalue weighted by molar-refractivity contribution is 5.69. The molecular formula is C15H21NO3. The van der Waals surface area contributed by atoms with Gasteiger partial charge in [-0.25, -0.2) is 0 Å². The molecule has 0 spiro atoms. The number of rotatable bonds is 4. The van der Waals surface area contributed by atoms with E-state index in [1.54, 1.807) is 0 Å². The van der Waals surface area contributed by atoms with Gasteiger partial charge in [0.15, 0.2) is 0 Å². The van der Waals surface area contributed by atoms with E-state index in [0.717, 1.165) is 17.7 Å². The zero-order chi connectivity index (χ0) is 14.0. The Balaban J connectivity index is 2.35. The van der Waals surface area contributed by atoms with Crippen molar-refractivity contribution in [2.24, 2.45) is 0 Å². The van der Waals surface area contributed by atoms with Gasteiger partial charge in [0.25, 0.3) is 0 Å². The average molecular weight is 263 g/mol. The van der Waals surface area contributed by atoms with Crippen LogP contribution in [0.5, 0.6) is 5.75 Å². The van der Waals surface area contributed by atoms with E-state index in [4.69, 9.17) is 9.84 Å². The van der Waals surface area contributed by atoms with Crippen LogP contribution in [0, 0.1) is 0 Å². The van der Waals surface area contributed by atoms with Crippen LogP contribution in [0.4, 0.5) is 0 Å². The lowest BCUT2D eigenvalue weighted by Gasteiger charge is -2.41. The SMILES string of the molecule is CCN(CC(=O)O)C1CC(C)(C)Oc2ccccc21. The lowest BCUT2D eigenvalue weighted by atomic mass is 9.88. The molecule has 1 heterocycles. The fourth-order valence-corrected chi connectivity index (χ4v) is 2.71. The molecule has 1 N–H and O–H groups in total. The van der Waals surface area contributed by atoms with Crippen molar-refractivity contribution in [2.75, 3.05) is 13.1 Å². The topological polar surface area (TPSA) is 49.8 Å². The molecule has 104 valence electrons. The number of hydrogen-bond donors (Lipinski definition) is 1. The number of benzene rings is 1. The first-order valence-electron chi connectivity index (χ1n) is 6.67. The van der Waals surface area contributed by atoms with E-state index < -0.39 is 5.97 Å². The largest absolute Gasteiger partial charge is 0.487 e. The molecule has 0 aromatic heterocycles. The Morgan fingerprint density at radius 3 is 2.79 bits per heavy atom. The van der Waals surface area contributed by atoms with Crippen molar-refractivity contribution in [3.8, 4) is 5.75 Å². The third kappa shape index (κ3) is 3.07. The lowest BCUT2D eigenvalue weighted by molar-refractivity contribution is -0.139. The molecule has 1 aromatic rings. The maximum atomic E-state index is 11.0. The fourth-order valence-electron chi connectivity index (χ4n) is 2.71. The molecule has 0 aliphatic carbocycles. The number of likely N-dealkylation sites (N-methyl/N-ethyl adjacent to an activating group) is 1. The van der Waals surface area contributed by atoms with Gasteiger partial charge in [-0.3, -0.25) is 9.69 Å². The van der Waals surface area contributed by atoms with Gasteiger partial charge < -0.3 is 9.84 Å². The second-order valence-electron chi connectivity index (χ2n) is 5.58. The van der Waals surface area contributed by atoms with Gasteiger partial charge >= 0.3 is 5.97 Å². The maximum Gasteiger partial charge on any atom is 0.317 e. The van der Waals surface area contributed by atoms with E-state index in [-0.39, 0.29) is 18.2 Å². The van der Waals surface area contributed by atoms with Crippen LogP contribution in [0.1, 0.15) is 38.8 Å². The third-order valence-corrected chi connectivity index (χ3v) is 3.53. The van der Waals surface area contributed by atoms with E-state index in [1.807, 2.05) is 49.9 Å². The Hall–Kier alpha value is -1.55. The van der Waals surface area contributed by atoms with Crippen molar-refractivity contribution in [2.45, 2.75) is 38.8 Å². The molecule has 1 aliphatic rings. The first kappa shape index (κ1) is 13.9. The summed E-state index contributed by atoms with van der Waals surface area (Å²) in [7, 11) is 0. The van der Waals surface area contributed by atoms with E-state index in [9.17, 15) is 4.79 Å². The van der Waals surface area contributed by atoms with E-state index in [2.05, 4.69) is 0 Å². The summed E-state index contributed by atoms with van der Waals surface area (Å²) in [5.41, 5.74) is 0.815. The summed E-state index contributed by atoms with van der Waals surface area (Å²) >= 11 is 0. The minimum Gasteiger partial charge on any atom is -0.487 e. The van der Waals surface area contributed by atoms with Crippen LogP contribution >= 0.6 is 0 Å². The minimum atomic E-state index is -0.788. The first-order chi connectivity index (χ1) is 8.93. The number of ether oxygens (including phenoxy) is 1. The number of carboxylic acids is 1. The highest BCUT2D eigenvalue weighted by atomic mass is 16.5. The highest BCUT2D eigenvalue weighted by Crippen LogP contribution is 2.42. The number of carboxylic acid groups (broad SMARTS) is 1. The van der Waals surface area contributed by atoms with Crippen LogP contribution in [0.15, 0.2) is 24.3 Å². The van der Waals surface area contributed by atoms with Gasteiger partial charge in [0.05, 0.1) is 6.54 Å². The predicted molar refractivity (Wildman–Crippen MR) is 73.4 cm³/mol. The smallest absolute Gasteiger partial charge is 0.317 e. The predicted octanol–water partition coefficient (Wildman–Crippen LogP) is 2.70. The lowest BCUT2D eigenvalue weighted by Crippen LogP contribution is -2.43. The molecule has 1 aliphatic heterocycles. The molecule has 2 rings (SSSR count). The summed E-state index contributed by atoms with van der Waals surface area (Å²) in [5, 5.41) is 9.05. The van der Waals surface area contributed by atoms with Crippen LogP contribution < -0.4 is 4.74 Å². The van der Waals surface area contributed by atoms with Crippen molar-refractivity contribution in [1.82, 2.24) is 4.90 Å². The van der Waals surface area contributed by atoms with Crippen molar-refractivity contribution in [3.05, 3.63) is 29.8 Å². The van der Waals surface area contributed by atoms with Gasteiger partial charge in [0.1, 0.15) is 11.4 Å². The van der Waals surface area contributed by atoms with Crippen LogP contribution in [-0.4, -0.2) is 34.7 Å². The summed E-state index contributed by atoms with van der Waals surface area (Å²) in [6.07, 6.45) is 0.797. The fraction of sp³-hybridized carbons (Fsp3) is 0.533. The standard InChI is InChI=1S/C15H21NO3/c1-4-16(10-14(17)18)12-9-15(2,3)19-13-8-6-5-7-11(12)13/h5-8,12H,4,9-10H2,1-3H3,(H,17,18). The molecule has 0 amide bonds. The Bertz CT molecular complexity index is 470. The Morgan fingerprint density at radius 2 is 2.16 bits per heavy atom. The van der Waals surface area contributed by atoms with Crippen molar-refractivity contribution in [3.63, 3.8) is 0 Å². The van der Waals surface area contributed by atoms with E-state index in [1.165, 1.54) is 0 Å². The number of aliphatic carboxylic acids is 1. The quantitative estimate of drug-likeness (QED) is 0.907. The normalized spacial score (nSPS) is 20.7. The molecule has 1 atom stereocenters. The second kappa shape index (κ2) is 5.21. The first-order valence-corrected chi connectivity index (χ1v) is 6.67. The molecule has 1 aromatic carbocycles. The van der Waals surface area contributed by atoms with Crippen molar-refractivity contribution >= 4 is 5.97 Å². The number of hydrogen-bond acceptors (Lipinski definition) is 3. The van der Waals surface area contributed by atoms with Crippen molar-refractivity contribution in [1.29, 1.82) is 0 Å². The summed E-state index contributed by atoms with van der Waals surface area (Å²) in [6.45, 7) is 6.86. The molecule has 1 unspecified atom stereocenters. The van der Waals surface area contributed by atoms with E-state index >= 15 is 0 Å². The molecular weight excluding hydrogens is 242 g/mol. The molecule has 19 heavy (non-hydrogen) atoms. The highest BCUT2D eigenvalue weighted by Gasteiger charge is 2.36. The zero-order valence-electron chi connectivity index (χ0n) is 11.7. The monoisotopic (exact) mass is 263 g/mol. The van der Waals surface area contributed by atoms with Crippen LogP contribution in [0.3, 0.4) is 0 Å². The van der Waals surface area contributed by atoms with Crippen LogP contribution in [0.25, 0.3) is 0 Å². The van der Waals surface area contributed by atoms with Gasteiger partial charge in [0.2, 0.25) is 0 Å². The van der Waals surface area contributed by atoms with Crippen LogP contribution in [-0.2, 0) is 4.79 Å². The molecule has 4 heteroatoms. The molecule has 4 nitrogen and oxygen atoms in total. The molecule has 0 bridgehead atoms. The Labute approximate surface area is 114 Å². The number of para-hydroxylation sites is 1. The zero-order valence-corrected chi connectivity index (χ0v) is 11.7. The minimum absolute atomic E-state index is 0.0611. The van der Waals surface area contributed by atoms with Gasteiger partial charge in [-0.1, -0.05) is 25.1 Å². The molecule has 0 fully saturated rings. The summed E-state index contributed by atoms with van der Waals surface area (Å²) in [4.78, 5) is 13.0. The van der Waals surface area contributed by atoms with E-state index in [0.29, 0.717) is 6.54 Å². The third-order valence-electron chi connectivity index (χ3n) is 3.53. The number of carbonyl (C=O) groups is 1. The van der Waals surface area contributed by atoms with Crippen LogP contribution in [0.2, 0.25) is 0 Å². The van der Waals surface area contributed by atoms with Gasteiger partial charge in [-0.15, -0.1) is 0 Å². The van der Waals surface area contributed by atoms with Gasteiger partial charge in [-0.05, 0) is 26.5 Å². The Morgan fingerprint density at radius 1 is 1.47 bits per heavy atom.